The van der Waals surface area contributed by atoms with Crippen LogP contribution in [0.1, 0.15) is 26.5 Å². The molecule has 7 nitrogen and oxygen atoms in total. The summed E-state index contributed by atoms with van der Waals surface area (Å²) < 4.78 is 1.69. The zero-order chi connectivity index (χ0) is 14.4. The maximum absolute atomic E-state index is 11.8. The van der Waals surface area contributed by atoms with Gasteiger partial charge in [0.05, 0.1) is 11.4 Å². The molecule has 1 unspecified atom stereocenters. The second-order valence-corrected chi connectivity index (χ2v) is 4.23. The standard InChI is InChI=1S/C12H21N5O2/c1-5-9-10(7-17(4)16-9)14-8(3)11(18)15-12(19)13-6-2/h7-8,14H,5-6H2,1-4H3,(H2,13,15,18,19). The van der Waals surface area contributed by atoms with E-state index in [4.69, 9.17) is 0 Å². The van der Waals surface area contributed by atoms with E-state index in [1.807, 2.05) is 20.2 Å². The molecule has 1 aromatic heterocycles. The number of hydrogen-bond donors (Lipinski definition) is 3. The van der Waals surface area contributed by atoms with Crippen molar-refractivity contribution in [3.63, 3.8) is 0 Å². The average molecular weight is 267 g/mol. The van der Waals surface area contributed by atoms with Gasteiger partial charge in [0, 0.05) is 19.8 Å². The number of nitrogens with one attached hydrogen (secondary N) is 3. The Hall–Kier alpha value is -2.05. The summed E-state index contributed by atoms with van der Waals surface area (Å²) >= 11 is 0. The first-order chi connectivity index (χ1) is 8.97. The molecule has 0 radical (unpaired) electrons. The lowest BCUT2D eigenvalue weighted by atomic mass is 10.2. The predicted molar refractivity (Wildman–Crippen MR) is 72.9 cm³/mol. The van der Waals surface area contributed by atoms with Crippen molar-refractivity contribution in [2.24, 2.45) is 7.05 Å². The molecule has 0 aliphatic heterocycles. The van der Waals surface area contributed by atoms with E-state index in [1.165, 1.54) is 0 Å². The smallest absolute Gasteiger partial charge is 0.321 e. The molecule has 19 heavy (non-hydrogen) atoms. The van der Waals surface area contributed by atoms with Crippen LogP contribution < -0.4 is 16.0 Å². The Labute approximate surface area is 112 Å². The molecule has 1 heterocycles. The Morgan fingerprint density at radius 2 is 2.11 bits per heavy atom. The lowest BCUT2D eigenvalue weighted by Crippen LogP contribution is -2.45. The van der Waals surface area contributed by atoms with Crippen molar-refractivity contribution in [2.45, 2.75) is 33.2 Å². The van der Waals surface area contributed by atoms with Gasteiger partial charge in [-0.1, -0.05) is 6.92 Å². The van der Waals surface area contributed by atoms with E-state index in [-0.39, 0.29) is 5.91 Å². The van der Waals surface area contributed by atoms with Gasteiger partial charge in [0.2, 0.25) is 5.91 Å². The lowest BCUT2D eigenvalue weighted by molar-refractivity contribution is -0.120. The fraction of sp³-hybridized carbons (Fsp3) is 0.583. The molecule has 0 saturated heterocycles. The van der Waals surface area contributed by atoms with Gasteiger partial charge in [-0.2, -0.15) is 5.10 Å². The second kappa shape index (κ2) is 6.77. The number of aryl methyl sites for hydroxylation is 2. The molecule has 0 spiro atoms. The molecule has 1 aromatic rings. The van der Waals surface area contributed by atoms with Crippen LogP contribution in [0.2, 0.25) is 0 Å². The van der Waals surface area contributed by atoms with Crippen molar-refractivity contribution in [3.8, 4) is 0 Å². The third kappa shape index (κ3) is 4.27. The number of imide groups is 1. The minimum absolute atomic E-state index is 0.378. The Morgan fingerprint density at radius 3 is 2.68 bits per heavy atom. The number of carbonyl (C=O) groups is 2. The van der Waals surface area contributed by atoms with Gasteiger partial charge in [-0.25, -0.2) is 4.79 Å². The number of rotatable bonds is 5. The Morgan fingerprint density at radius 1 is 1.42 bits per heavy atom. The molecule has 0 saturated carbocycles. The molecular weight excluding hydrogens is 246 g/mol. The van der Waals surface area contributed by atoms with Crippen molar-refractivity contribution in [3.05, 3.63) is 11.9 Å². The van der Waals surface area contributed by atoms with Gasteiger partial charge in [-0.15, -0.1) is 0 Å². The van der Waals surface area contributed by atoms with Crippen LogP contribution in [0, 0.1) is 0 Å². The first-order valence-corrected chi connectivity index (χ1v) is 6.35. The third-order valence-corrected chi connectivity index (χ3v) is 2.58. The molecule has 0 aliphatic rings. The minimum atomic E-state index is -0.517. The van der Waals surface area contributed by atoms with Crippen LogP contribution in [0.4, 0.5) is 10.5 Å². The highest BCUT2D eigenvalue weighted by molar-refractivity contribution is 5.97. The lowest BCUT2D eigenvalue weighted by Gasteiger charge is -2.14. The monoisotopic (exact) mass is 267 g/mol. The molecule has 1 rings (SSSR count). The third-order valence-electron chi connectivity index (χ3n) is 2.58. The highest BCUT2D eigenvalue weighted by atomic mass is 16.2. The summed E-state index contributed by atoms with van der Waals surface area (Å²) in [6, 6.07) is -1.000. The SMILES string of the molecule is CCNC(=O)NC(=O)C(C)Nc1cn(C)nc1CC. The summed E-state index contributed by atoms with van der Waals surface area (Å²) in [7, 11) is 1.82. The van der Waals surface area contributed by atoms with Crippen molar-refractivity contribution in [2.75, 3.05) is 11.9 Å². The zero-order valence-corrected chi connectivity index (χ0v) is 11.8. The average Bonchev–Trinajstić information content (AvgIpc) is 2.69. The molecule has 0 aliphatic carbocycles. The fourth-order valence-corrected chi connectivity index (χ4v) is 1.64. The van der Waals surface area contributed by atoms with E-state index in [2.05, 4.69) is 21.0 Å². The van der Waals surface area contributed by atoms with Crippen LogP contribution in [0.25, 0.3) is 0 Å². The number of urea groups is 1. The Balaban J connectivity index is 2.60. The number of aromatic nitrogens is 2. The van der Waals surface area contributed by atoms with Gasteiger partial charge in [0.15, 0.2) is 0 Å². The number of anilines is 1. The fourth-order valence-electron chi connectivity index (χ4n) is 1.64. The van der Waals surface area contributed by atoms with E-state index < -0.39 is 12.1 Å². The molecule has 0 aromatic carbocycles. The van der Waals surface area contributed by atoms with Gasteiger partial charge in [0.1, 0.15) is 6.04 Å². The number of amides is 3. The van der Waals surface area contributed by atoms with E-state index >= 15 is 0 Å². The maximum atomic E-state index is 11.8. The van der Waals surface area contributed by atoms with E-state index in [1.54, 1.807) is 18.5 Å². The van der Waals surface area contributed by atoms with Crippen LogP contribution in [-0.4, -0.2) is 34.3 Å². The van der Waals surface area contributed by atoms with Gasteiger partial charge < -0.3 is 10.6 Å². The molecule has 7 heteroatoms. The van der Waals surface area contributed by atoms with E-state index in [9.17, 15) is 9.59 Å². The summed E-state index contributed by atoms with van der Waals surface area (Å²) in [5.41, 5.74) is 1.70. The van der Waals surface area contributed by atoms with Gasteiger partial charge in [-0.3, -0.25) is 14.8 Å². The minimum Gasteiger partial charge on any atom is -0.371 e. The zero-order valence-electron chi connectivity index (χ0n) is 11.8. The molecule has 3 N–H and O–H groups in total. The van der Waals surface area contributed by atoms with E-state index in [0.29, 0.717) is 6.54 Å². The van der Waals surface area contributed by atoms with Gasteiger partial charge in [0.25, 0.3) is 0 Å². The van der Waals surface area contributed by atoms with Crippen LogP contribution in [-0.2, 0) is 18.3 Å². The molecule has 0 fully saturated rings. The maximum Gasteiger partial charge on any atom is 0.321 e. The Kier molecular flexibility index (Phi) is 5.35. The largest absolute Gasteiger partial charge is 0.371 e. The van der Waals surface area contributed by atoms with Crippen molar-refractivity contribution < 1.29 is 9.59 Å². The summed E-state index contributed by atoms with van der Waals surface area (Å²) in [5, 5.41) is 12.1. The summed E-state index contributed by atoms with van der Waals surface area (Å²) in [4.78, 5) is 23.0. The molecular formula is C12H21N5O2. The van der Waals surface area contributed by atoms with Crippen molar-refractivity contribution in [1.29, 1.82) is 0 Å². The van der Waals surface area contributed by atoms with Crippen LogP contribution >= 0.6 is 0 Å². The molecule has 106 valence electrons. The first kappa shape index (κ1) is 15.0. The topological polar surface area (TPSA) is 88.0 Å². The van der Waals surface area contributed by atoms with Gasteiger partial charge in [-0.05, 0) is 20.3 Å². The van der Waals surface area contributed by atoms with E-state index in [0.717, 1.165) is 17.8 Å². The molecule has 1 atom stereocenters. The van der Waals surface area contributed by atoms with Crippen LogP contribution in [0.3, 0.4) is 0 Å². The van der Waals surface area contributed by atoms with Crippen LogP contribution in [0.5, 0.6) is 0 Å². The number of hydrogen-bond acceptors (Lipinski definition) is 4. The number of nitrogens with zero attached hydrogens (tertiary/aromatic N) is 2. The first-order valence-electron chi connectivity index (χ1n) is 6.35. The molecule has 3 amide bonds. The molecule has 0 bridgehead atoms. The van der Waals surface area contributed by atoms with Gasteiger partial charge >= 0.3 is 6.03 Å². The van der Waals surface area contributed by atoms with Crippen molar-refractivity contribution in [1.82, 2.24) is 20.4 Å². The highest BCUT2D eigenvalue weighted by Gasteiger charge is 2.17. The second-order valence-electron chi connectivity index (χ2n) is 4.23. The Bertz CT molecular complexity index is 455. The van der Waals surface area contributed by atoms with Crippen molar-refractivity contribution >= 4 is 17.6 Å². The quantitative estimate of drug-likeness (QED) is 0.730. The predicted octanol–water partition coefficient (Wildman–Crippen LogP) is 0.629. The summed E-state index contributed by atoms with van der Waals surface area (Å²) in [6.45, 7) is 5.95. The summed E-state index contributed by atoms with van der Waals surface area (Å²) in [6.07, 6.45) is 2.59. The van der Waals surface area contributed by atoms with Crippen LogP contribution in [0.15, 0.2) is 6.20 Å². The number of carbonyl (C=O) groups excluding carboxylic acids is 2. The summed E-state index contributed by atoms with van der Waals surface area (Å²) in [5.74, 6) is -0.378. The highest BCUT2D eigenvalue weighted by Crippen LogP contribution is 2.14. The normalized spacial score (nSPS) is 11.8.